The number of Topliss-reactive ketones (excluding diaryl/α,β-unsaturated/α-hetero) is 1. The van der Waals surface area contributed by atoms with Crippen LogP contribution in [-0.4, -0.2) is 15.3 Å². The van der Waals surface area contributed by atoms with Gasteiger partial charge in [-0.05, 0) is 43.2 Å². The highest BCUT2D eigenvalue weighted by atomic mass is 16.3. The van der Waals surface area contributed by atoms with Crippen molar-refractivity contribution >= 4 is 22.8 Å². The lowest BCUT2D eigenvalue weighted by Crippen LogP contribution is -2.33. The van der Waals surface area contributed by atoms with E-state index in [4.69, 9.17) is 9.40 Å². The Morgan fingerprint density at radius 2 is 1.87 bits per heavy atom. The van der Waals surface area contributed by atoms with Crippen molar-refractivity contribution in [2.45, 2.75) is 31.7 Å². The third-order valence-electron chi connectivity index (χ3n) is 6.24. The van der Waals surface area contributed by atoms with E-state index in [1.54, 1.807) is 6.26 Å². The lowest BCUT2D eigenvalue weighted by atomic mass is 9.79. The number of hydrogen-bond donors (Lipinski definition) is 1. The minimum atomic E-state index is -0.186. The molecule has 5 nitrogen and oxygen atoms in total. The summed E-state index contributed by atoms with van der Waals surface area (Å²) in [6.45, 7) is 2.08. The largest absolute Gasteiger partial charge is 0.469 e. The Balaban J connectivity index is 1.55. The maximum atomic E-state index is 13.5. The molecule has 1 N–H and O–H groups in total. The first-order chi connectivity index (χ1) is 14.7. The van der Waals surface area contributed by atoms with Gasteiger partial charge >= 0.3 is 0 Å². The van der Waals surface area contributed by atoms with Crippen molar-refractivity contribution < 1.29 is 9.21 Å². The first kappa shape index (κ1) is 17.3. The van der Waals surface area contributed by atoms with Crippen molar-refractivity contribution in [2.24, 2.45) is 0 Å². The zero-order valence-corrected chi connectivity index (χ0v) is 16.6. The molecular weight excluding hydrogens is 374 g/mol. The van der Waals surface area contributed by atoms with E-state index in [1.807, 2.05) is 30.3 Å². The Morgan fingerprint density at radius 3 is 2.67 bits per heavy atom. The lowest BCUT2D eigenvalue weighted by Gasteiger charge is -2.36. The topological polar surface area (TPSA) is 60.1 Å². The highest BCUT2D eigenvalue weighted by molar-refractivity contribution is 6.01. The normalized spacial score (nSPS) is 20.8. The molecular formula is C25H21N3O2. The molecule has 4 aromatic rings. The number of benzene rings is 2. The molecule has 0 bridgehead atoms. The maximum Gasteiger partial charge on any atom is 0.209 e. The molecule has 0 spiro atoms. The third-order valence-corrected chi connectivity index (χ3v) is 6.24. The predicted octanol–water partition coefficient (Wildman–Crippen LogP) is 5.35. The number of carbonyl (C=O) groups is 1. The lowest BCUT2D eigenvalue weighted by molar-refractivity contribution is -0.116. The highest BCUT2D eigenvalue weighted by Gasteiger charge is 2.40. The number of aromatic nitrogens is 2. The number of imidazole rings is 1. The van der Waals surface area contributed by atoms with E-state index in [9.17, 15) is 4.79 Å². The highest BCUT2D eigenvalue weighted by Crippen LogP contribution is 2.45. The maximum absolute atomic E-state index is 13.5. The van der Waals surface area contributed by atoms with Gasteiger partial charge in [0, 0.05) is 23.6 Å². The molecule has 30 heavy (non-hydrogen) atoms. The summed E-state index contributed by atoms with van der Waals surface area (Å²) in [5.74, 6) is 1.86. The third kappa shape index (κ3) is 2.55. The minimum absolute atomic E-state index is 0.0494. The molecule has 2 aromatic heterocycles. The standard InChI is InChI=1S/C25H21N3O2/c1-15-8-10-16(11-9-15)24-23-19(13-17(14-21(23)29)22-7-4-12-30-22)27-25-26-18-5-2-3-6-20(18)28(24)25/h2-12,17,24H,13-14H2,1H3,(H,26,27)/t17-,24+/m1/s1. The van der Waals surface area contributed by atoms with Crippen molar-refractivity contribution in [1.82, 2.24) is 9.55 Å². The van der Waals surface area contributed by atoms with Gasteiger partial charge < -0.3 is 9.73 Å². The minimum Gasteiger partial charge on any atom is -0.469 e. The summed E-state index contributed by atoms with van der Waals surface area (Å²) in [7, 11) is 0. The second-order valence-electron chi connectivity index (χ2n) is 8.17. The van der Waals surface area contributed by atoms with Crippen LogP contribution in [0.5, 0.6) is 0 Å². The van der Waals surface area contributed by atoms with Gasteiger partial charge in [0.05, 0.1) is 23.3 Å². The summed E-state index contributed by atoms with van der Waals surface area (Å²) in [4.78, 5) is 18.3. The number of nitrogens with one attached hydrogen (secondary N) is 1. The average Bonchev–Trinajstić information content (AvgIpc) is 3.41. The first-order valence-corrected chi connectivity index (χ1v) is 10.3. The molecule has 2 atom stereocenters. The van der Waals surface area contributed by atoms with Crippen molar-refractivity contribution in [2.75, 3.05) is 5.32 Å². The van der Waals surface area contributed by atoms with Crippen LogP contribution >= 0.6 is 0 Å². The molecule has 0 saturated heterocycles. The number of anilines is 1. The van der Waals surface area contributed by atoms with E-state index in [0.29, 0.717) is 6.42 Å². The summed E-state index contributed by atoms with van der Waals surface area (Å²) < 4.78 is 7.79. The molecule has 6 rings (SSSR count). The van der Waals surface area contributed by atoms with Gasteiger partial charge in [-0.15, -0.1) is 0 Å². The molecule has 148 valence electrons. The van der Waals surface area contributed by atoms with Crippen LogP contribution in [0.4, 0.5) is 5.95 Å². The molecule has 2 aliphatic rings. The van der Waals surface area contributed by atoms with Crippen molar-refractivity contribution in [3.05, 3.63) is 95.1 Å². The van der Waals surface area contributed by atoms with Gasteiger partial charge in [-0.1, -0.05) is 42.0 Å². The Bertz CT molecular complexity index is 1300. The van der Waals surface area contributed by atoms with Crippen LogP contribution in [0.1, 0.15) is 41.7 Å². The number of nitrogens with zero attached hydrogens (tertiary/aromatic N) is 2. The van der Waals surface area contributed by atoms with Crippen LogP contribution in [0.25, 0.3) is 11.0 Å². The predicted molar refractivity (Wildman–Crippen MR) is 115 cm³/mol. The van der Waals surface area contributed by atoms with E-state index < -0.39 is 0 Å². The number of rotatable bonds is 2. The molecule has 0 fully saturated rings. The van der Waals surface area contributed by atoms with E-state index >= 15 is 0 Å². The van der Waals surface area contributed by atoms with E-state index in [1.165, 1.54) is 5.56 Å². The average molecular weight is 395 g/mol. The zero-order valence-electron chi connectivity index (χ0n) is 16.6. The van der Waals surface area contributed by atoms with Gasteiger partial charge in [0.15, 0.2) is 5.78 Å². The van der Waals surface area contributed by atoms with Crippen molar-refractivity contribution in [1.29, 1.82) is 0 Å². The number of carbonyl (C=O) groups excluding carboxylic acids is 1. The second-order valence-corrected chi connectivity index (χ2v) is 8.17. The first-order valence-electron chi connectivity index (χ1n) is 10.3. The number of para-hydroxylation sites is 2. The molecule has 0 radical (unpaired) electrons. The van der Waals surface area contributed by atoms with Crippen molar-refractivity contribution in [3.8, 4) is 0 Å². The number of hydrogen-bond acceptors (Lipinski definition) is 4. The van der Waals surface area contributed by atoms with Gasteiger partial charge in [0.2, 0.25) is 5.95 Å². The molecule has 1 aliphatic carbocycles. The van der Waals surface area contributed by atoms with E-state index in [-0.39, 0.29) is 17.7 Å². The Labute approximate surface area is 174 Å². The fourth-order valence-corrected chi connectivity index (χ4v) is 4.81. The fourth-order valence-electron chi connectivity index (χ4n) is 4.81. The number of fused-ring (bicyclic) bond motifs is 3. The monoisotopic (exact) mass is 395 g/mol. The second kappa shape index (κ2) is 6.46. The molecule has 0 saturated carbocycles. The van der Waals surface area contributed by atoms with Crippen LogP contribution in [0.3, 0.4) is 0 Å². The number of allylic oxidation sites excluding steroid dienone is 2. The fraction of sp³-hybridized carbons (Fsp3) is 0.200. The number of aryl methyl sites for hydroxylation is 1. The van der Waals surface area contributed by atoms with Crippen LogP contribution in [0.2, 0.25) is 0 Å². The quantitative estimate of drug-likeness (QED) is 0.497. The Kier molecular flexibility index (Phi) is 3.72. The van der Waals surface area contributed by atoms with Gasteiger partial charge in [0.25, 0.3) is 0 Å². The van der Waals surface area contributed by atoms with Crippen LogP contribution in [0, 0.1) is 6.92 Å². The summed E-state index contributed by atoms with van der Waals surface area (Å²) in [5, 5.41) is 3.49. The SMILES string of the molecule is Cc1ccc([C@H]2C3=C(C[C@@H](c4ccco4)CC3=O)Nc3nc4ccccc4n32)cc1. The number of ketones is 1. The summed E-state index contributed by atoms with van der Waals surface area (Å²) in [5.41, 5.74) is 6.05. The van der Waals surface area contributed by atoms with Gasteiger partial charge in [-0.3, -0.25) is 9.36 Å². The van der Waals surface area contributed by atoms with Crippen molar-refractivity contribution in [3.63, 3.8) is 0 Å². The summed E-state index contributed by atoms with van der Waals surface area (Å²) >= 11 is 0. The molecule has 0 amide bonds. The molecule has 2 aromatic carbocycles. The zero-order chi connectivity index (χ0) is 20.2. The molecule has 3 heterocycles. The Morgan fingerprint density at radius 1 is 1.03 bits per heavy atom. The van der Waals surface area contributed by atoms with Crippen LogP contribution in [-0.2, 0) is 4.79 Å². The smallest absolute Gasteiger partial charge is 0.209 e. The van der Waals surface area contributed by atoms with E-state index in [2.05, 4.69) is 47.1 Å². The van der Waals surface area contributed by atoms with Crippen LogP contribution < -0.4 is 5.32 Å². The summed E-state index contributed by atoms with van der Waals surface area (Å²) in [6.07, 6.45) is 2.87. The Hall–Kier alpha value is -3.60. The molecule has 0 unspecified atom stereocenters. The number of furan rings is 1. The van der Waals surface area contributed by atoms with Gasteiger partial charge in [-0.2, -0.15) is 0 Å². The van der Waals surface area contributed by atoms with Gasteiger partial charge in [-0.25, -0.2) is 4.98 Å². The molecule has 1 aliphatic heterocycles. The van der Waals surface area contributed by atoms with Crippen LogP contribution in [0.15, 0.2) is 82.6 Å². The molecule has 5 heteroatoms. The van der Waals surface area contributed by atoms with E-state index in [0.717, 1.165) is 46.0 Å². The summed E-state index contributed by atoms with van der Waals surface area (Å²) in [6, 6.07) is 20.2. The van der Waals surface area contributed by atoms with Gasteiger partial charge in [0.1, 0.15) is 5.76 Å².